The second-order valence-corrected chi connectivity index (χ2v) is 10.0. The standard InChI is InChI=1S/C18H19FIN3O5S/c1-23-16(26)7-14(28-2)17(22-29(27,9-25)15-5-10(15)8-24)18(23)21-13-4-3-11(20)6-12(13)19/h3-4,6-7,10,15,21,24H,5,8H2,1-2H3,(H,22,27). The molecule has 3 rings (SSSR count). The van der Waals surface area contributed by atoms with E-state index in [2.05, 4.69) is 10.0 Å². The highest BCUT2D eigenvalue weighted by atomic mass is 127. The van der Waals surface area contributed by atoms with Crippen LogP contribution in [0.5, 0.6) is 5.75 Å². The predicted octanol–water partition coefficient (Wildman–Crippen LogP) is 1.94. The smallest absolute Gasteiger partial charge is 0.255 e. The Morgan fingerprint density at radius 2 is 2.17 bits per heavy atom. The highest BCUT2D eigenvalue weighted by Gasteiger charge is 2.45. The lowest BCUT2D eigenvalue weighted by Crippen LogP contribution is -2.26. The third-order valence-corrected chi connectivity index (χ3v) is 7.56. The van der Waals surface area contributed by atoms with Crippen LogP contribution in [-0.2, 0) is 21.5 Å². The number of benzene rings is 1. The van der Waals surface area contributed by atoms with E-state index in [4.69, 9.17) is 4.74 Å². The highest BCUT2D eigenvalue weighted by Crippen LogP contribution is 2.41. The molecule has 29 heavy (non-hydrogen) atoms. The number of aliphatic hydroxyl groups is 1. The fourth-order valence-electron chi connectivity index (χ4n) is 2.93. The normalized spacial score (nSPS) is 19.8. The van der Waals surface area contributed by atoms with Crippen molar-refractivity contribution < 1.29 is 23.2 Å². The van der Waals surface area contributed by atoms with Gasteiger partial charge < -0.3 is 15.2 Å². The Labute approximate surface area is 180 Å². The number of carbonyl (C=O) groups excluding carboxylic acids is 1. The molecule has 156 valence electrons. The van der Waals surface area contributed by atoms with Crippen LogP contribution in [0.4, 0.5) is 21.6 Å². The molecule has 0 saturated heterocycles. The first kappa shape index (κ1) is 21.6. The zero-order chi connectivity index (χ0) is 21.3. The van der Waals surface area contributed by atoms with Gasteiger partial charge in [0.1, 0.15) is 27.0 Å². The van der Waals surface area contributed by atoms with Crippen molar-refractivity contribution in [3.8, 4) is 5.75 Å². The van der Waals surface area contributed by atoms with Crippen LogP contribution in [0.1, 0.15) is 6.42 Å². The molecule has 1 aliphatic rings. The van der Waals surface area contributed by atoms with Gasteiger partial charge in [-0.25, -0.2) is 13.4 Å². The maximum absolute atomic E-state index is 14.4. The number of nitrogens with zero attached hydrogens (tertiary/aromatic N) is 1. The zero-order valence-corrected chi connectivity index (χ0v) is 18.5. The molecule has 3 unspecified atom stereocenters. The van der Waals surface area contributed by atoms with E-state index < -0.39 is 26.3 Å². The molecule has 8 nitrogen and oxygen atoms in total. The fourth-order valence-corrected chi connectivity index (χ4v) is 5.35. The van der Waals surface area contributed by atoms with Gasteiger partial charge in [-0.05, 0) is 53.1 Å². The van der Waals surface area contributed by atoms with Gasteiger partial charge in [-0.15, -0.1) is 0 Å². The predicted molar refractivity (Wildman–Crippen MR) is 117 cm³/mol. The summed E-state index contributed by atoms with van der Waals surface area (Å²) in [6.45, 7) is -0.200. The van der Waals surface area contributed by atoms with Crippen molar-refractivity contribution in [1.29, 1.82) is 0 Å². The van der Waals surface area contributed by atoms with Crippen LogP contribution < -0.4 is 20.3 Å². The van der Waals surface area contributed by atoms with Gasteiger partial charge in [-0.2, -0.15) is 0 Å². The average Bonchev–Trinajstić information content (AvgIpc) is 3.49. The summed E-state index contributed by atoms with van der Waals surface area (Å²) in [5, 5.41) is 13.1. The molecule has 1 aromatic carbocycles. The number of aromatic nitrogens is 1. The van der Waals surface area contributed by atoms with Crippen molar-refractivity contribution in [2.75, 3.05) is 23.8 Å². The molecular weight excluding hydrogens is 516 g/mol. The summed E-state index contributed by atoms with van der Waals surface area (Å²) < 4.78 is 37.3. The molecule has 1 aliphatic carbocycles. The Morgan fingerprint density at radius 3 is 2.72 bits per heavy atom. The first-order chi connectivity index (χ1) is 13.7. The van der Waals surface area contributed by atoms with Gasteiger partial charge in [0, 0.05) is 23.3 Å². The van der Waals surface area contributed by atoms with E-state index in [-0.39, 0.29) is 35.5 Å². The quantitative estimate of drug-likeness (QED) is 0.370. The van der Waals surface area contributed by atoms with Crippen LogP contribution in [0.15, 0.2) is 29.1 Å². The highest BCUT2D eigenvalue weighted by molar-refractivity contribution is 14.1. The topological polar surface area (TPSA) is 110 Å². The molecule has 1 saturated carbocycles. The number of anilines is 3. The molecule has 3 N–H and O–H groups in total. The number of pyridine rings is 1. The van der Waals surface area contributed by atoms with Crippen molar-refractivity contribution in [1.82, 2.24) is 4.57 Å². The molecule has 3 atom stereocenters. The lowest BCUT2D eigenvalue weighted by Gasteiger charge is -2.21. The molecule has 0 radical (unpaired) electrons. The summed E-state index contributed by atoms with van der Waals surface area (Å²) in [5.74, 6) is -0.729. The van der Waals surface area contributed by atoms with Gasteiger partial charge >= 0.3 is 0 Å². The number of aliphatic hydroxyl groups excluding tert-OH is 1. The van der Waals surface area contributed by atoms with Crippen LogP contribution in [0.3, 0.4) is 0 Å². The summed E-state index contributed by atoms with van der Waals surface area (Å²) >= 11 is 1.97. The van der Waals surface area contributed by atoms with Gasteiger partial charge in [0.15, 0.2) is 5.75 Å². The second kappa shape index (κ2) is 8.34. The van der Waals surface area contributed by atoms with Crippen LogP contribution in [0.25, 0.3) is 0 Å². The molecule has 1 fully saturated rings. The minimum atomic E-state index is -3.39. The van der Waals surface area contributed by atoms with E-state index in [0.717, 1.165) is 0 Å². The Hall–Kier alpha value is -2.08. The number of methoxy groups -OCH3 is 1. The fraction of sp³-hybridized carbons (Fsp3) is 0.333. The lowest BCUT2D eigenvalue weighted by atomic mass is 10.3. The van der Waals surface area contributed by atoms with Crippen molar-refractivity contribution >= 4 is 54.7 Å². The summed E-state index contributed by atoms with van der Waals surface area (Å²) in [6.07, 6.45) is 0.403. The summed E-state index contributed by atoms with van der Waals surface area (Å²) in [4.78, 5) is 23.9. The molecule has 0 amide bonds. The van der Waals surface area contributed by atoms with Crippen molar-refractivity contribution in [2.45, 2.75) is 11.7 Å². The third-order valence-electron chi connectivity index (χ3n) is 4.70. The van der Waals surface area contributed by atoms with Crippen LogP contribution in [0, 0.1) is 15.3 Å². The van der Waals surface area contributed by atoms with Gasteiger partial charge in [-0.3, -0.25) is 14.1 Å². The van der Waals surface area contributed by atoms with Gasteiger partial charge in [0.05, 0.1) is 18.0 Å². The van der Waals surface area contributed by atoms with Crippen molar-refractivity contribution in [2.24, 2.45) is 13.0 Å². The van der Waals surface area contributed by atoms with E-state index in [1.54, 1.807) is 11.3 Å². The SMILES string of the molecule is COc1cc(=O)n(C)c(Nc2ccc(I)cc2F)c1NS(=O)(=C=O)C1CC1CO. The average molecular weight is 535 g/mol. The molecule has 11 heteroatoms. The first-order valence-corrected chi connectivity index (χ1v) is 11.2. The number of rotatable bonds is 7. The van der Waals surface area contributed by atoms with E-state index in [0.29, 0.717) is 9.99 Å². The van der Waals surface area contributed by atoms with Crippen LogP contribution in [-0.4, -0.2) is 38.1 Å². The maximum Gasteiger partial charge on any atom is 0.255 e. The summed E-state index contributed by atoms with van der Waals surface area (Å²) in [5.41, 5.74) is -0.315. The number of hydrogen-bond acceptors (Lipinski definition) is 6. The number of halogens is 2. The minimum Gasteiger partial charge on any atom is -0.494 e. The lowest BCUT2D eigenvalue weighted by molar-refractivity contribution is 0.277. The third kappa shape index (κ3) is 4.27. The van der Waals surface area contributed by atoms with E-state index in [9.17, 15) is 23.3 Å². The van der Waals surface area contributed by atoms with E-state index in [1.165, 1.54) is 36.9 Å². The second-order valence-electron chi connectivity index (χ2n) is 6.59. The van der Waals surface area contributed by atoms with Crippen molar-refractivity contribution in [3.05, 3.63) is 44.0 Å². The maximum atomic E-state index is 14.4. The molecule has 0 spiro atoms. The Balaban J connectivity index is 2.13. The number of ether oxygens (including phenoxy) is 1. The largest absolute Gasteiger partial charge is 0.494 e. The minimum absolute atomic E-state index is 0.0330. The van der Waals surface area contributed by atoms with Gasteiger partial charge in [0.2, 0.25) is 5.23 Å². The molecule has 0 bridgehead atoms. The Bertz CT molecular complexity index is 1150. The van der Waals surface area contributed by atoms with Gasteiger partial charge in [0.25, 0.3) is 5.56 Å². The van der Waals surface area contributed by atoms with Gasteiger partial charge in [-0.1, -0.05) is 0 Å². The van der Waals surface area contributed by atoms with Crippen LogP contribution >= 0.6 is 22.6 Å². The van der Waals surface area contributed by atoms with Crippen molar-refractivity contribution in [3.63, 3.8) is 0 Å². The Kier molecular flexibility index (Phi) is 6.22. The Morgan fingerprint density at radius 1 is 1.45 bits per heavy atom. The molecule has 0 aliphatic heterocycles. The molecular formula is C18H19FIN3O5S. The van der Waals surface area contributed by atoms with Crippen LogP contribution in [0.2, 0.25) is 0 Å². The number of hydrogen-bond donors (Lipinski definition) is 3. The molecule has 1 aromatic heterocycles. The molecule has 2 aromatic rings. The number of nitrogens with one attached hydrogen (secondary N) is 2. The van der Waals surface area contributed by atoms with E-state index in [1.807, 2.05) is 22.6 Å². The summed E-state index contributed by atoms with van der Waals surface area (Å²) in [7, 11) is -0.627. The summed E-state index contributed by atoms with van der Waals surface area (Å²) in [6, 6.07) is 5.65. The monoisotopic (exact) mass is 535 g/mol. The molecule has 1 heterocycles. The first-order valence-electron chi connectivity index (χ1n) is 8.54. The zero-order valence-electron chi connectivity index (χ0n) is 15.6. The van der Waals surface area contributed by atoms with E-state index >= 15 is 0 Å².